The number of hydrogen-bond acceptors (Lipinski definition) is 4. The highest BCUT2D eigenvalue weighted by atomic mass is 16.5. The van der Waals surface area contributed by atoms with Crippen molar-refractivity contribution in [1.29, 1.82) is 0 Å². The van der Waals surface area contributed by atoms with Crippen molar-refractivity contribution in [3.05, 3.63) is 83.4 Å². The van der Waals surface area contributed by atoms with Crippen LogP contribution in [0.2, 0.25) is 0 Å². The molecule has 0 saturated heterocycles. The van der Waals surface area contributed by atoms with Crippen LogP contribution >= 0.6 is 0 Å². The zero-order valence-corrected chi connectivity index (χ0v) is 16.8. The summed E-state index contributed by atoms with van der Waals surface area (Å²) in [5.74, 6) is 1.20. The lowest BCUT2D eigenvalue weighted by Gasteiger charge is -2.09. The zero-order valence-electron chi connectivity index (χ0n) is 16.8. The summed E-state index contributed by atoms with van der Waals surface area (Å²) in [5, 5.41) is 2.85. The fraction of sp³-hybridized carbons (Fsp3) is 0.167. The first kappa shape index (κ1) is 20.1. The van der Waals surface area contributed by atoms with E-state index in [2.05, 4.69) is 10.3 Å². The molecule has 1 N–H and O–H groups in total. The number of carbonyl (C=O) groups is 1. The minimum atomic E-state index is -0.203. The lowest BCUT2D eigenvalue weighted by Crippen LogP contribution is -2.20. The number of rotatable bonds is 7. The van der Waals surface area contributed by atoms with E-state index in [-0.39, 0.29) is 12.5 Å². The van der Waals surface area contributed by atoms with Crippen molar-refractivity contribution in [3.63, 3.8) is 0 Å². The smallest absolute Gasteiger partial charge is 0.262 e. The third-order valence-corrected chi connectivity index (χ3v) is 4.45. The summed E-state index contributed by atoms with van der Waals surface area (Å²) in [7, 11) is 1.63. The molecule has 0 spiro atoms. The van der Waals surface area contributed by atoms with Gasteiger partial charge in [0.05, 0.1) is 12.8 Å². The maximum absolute atomic E-state index is 12.2. The molecule has 5 nitrogen and oxygen atoms in total. The first-order valence-corrected chi connectivity index (χ1v) is 9.31. The van der Waals surface area contributed by atoms with E-state index in [0.29, 0.717) is 5.75 Å². The van der Waals surface area contributed by atoms with Gasteiger partial charge < -0.3 is 14.8 Å². The van der Waals surface area contributed by atoms with Crippen molar-refractivity contribution in [1.82, 2.24) is 0 Å². The molecule has 3 aromatic rings. The van der Waals surface area contributed by atoms with Gasteiger partial charge >= 0.3 is 0 Å². The molecule has 0 heterocycles. The van der Waals surface area contributed by atoms with Crippen molar-refractivity contribution in [2.45, 2.75) is 13.8 Å². The van der Waals surface area contributed by atoms with E-state index in [1.54, 1.807) is 13.3 Å². The number of aliphatic imine (C=N–C) groups is 1. The van der Waals surface area contributed by atoms with Crippen LogP contribution in [0.1, 0.15) is 16.7 Å². The van der Waals surface area contributed by atoms with E-state index in [1.165, 1.54) is 5.56 Å². The number of carbonyl (C=O) groups excluding carboxylic acids is 1. The second-order valence-corrected chi connectivity index (χ2v) is 6.66. The summed E-state index contributed by atoms with van der Waals surface area (Å²) in [5.41, 5.74) is 4.79. The van der Waals surface area contributed by atoms with Crippen LogP contribution in [-0.4, -0.2) is 25.8 Å². The minimum absolute atomic E-state index is 0.0635. The Morgan fingerprint density at radius 2 is 1.76 bits per heavy atom. The highest BCUT2D eigenvalue weighted by Gasteiger charge is 2.05. The molecule has 0 aliphatic rings. The van der Waals surface area contributed by atoms with Crippen LogP contribution in [0.4, 0.5) is 11.4 Å². The molecule has 1 amide bonds. The topological polar surface area (TPSA) is 59.9 Å². The molecule has 0 radical (unpaired) electrons. The van der Waals surface area contributed by atoms with Crippen molar-refractivity contribution in [2.24, 2.45) is 4.99 Å². The molecule has 0 aliphatic heterocycles. The van der Waals surface area contributed by atoms with Gasteiger partial charge in [-0.3, -0.25) is 9.79 Å². The Kier molecular flexibility index (Phi) is 6.63. The maximum atomic E-state index is 12.2. The summed E-state index contributed by atoms with van der Waals surface area (Å²) in [4.78, 5) is 16.6. The number of ether oxygens (including phenoxy) is 2. The molecule has 29 heavy (non-hydrogen) atoms. The van der Waals surface area contributed by atoms with Crippen LogP contribution in [0.15, 0.2) is 71.7 Å². The fourth-order valence-electron chi connectivity index (χ4n) is 2.67. The third kappa shape index (κ3) is 5.94. The highest BCUT2D eigenvalue weighted by molar-refractivity contribution is 5.92. The average molecular weight is 388 g/mol. The second-order valence-electron chi connectivity index (χ2n) is 6.66. The van der Waals surface area contributed by atoms with E-state index in [1.807, 2.05) is 80.6 Å². The van der Waals surface area contributed by atoms with E-state index in [4.69, 9.17) is 9.47 Å². The second kappa shape index (κ2) is 9.55. The number of benzene rings is 3. The normalized spacial score (nSPS) is 10.7. The molecule has 3 rings (SSSR count). The quantitative estimate of drug-likeness (QED) is 0.574. The van der Waals surface area contributed by atoms with Gasteiger partial charge in [0.2, 0.25) is 0 Å². The van der Waals surface area contributed by atoms with Crippen LogP contribution in [0.5, 0.6) is 11.5 Å². The lowest BCUT2D eigenvalue weighted by molar-refractivity contribution is -0.118. The van der Waals surface area contributed by atoms with Crippen molar-refractivity contribution >= 4 is 23.5 Å². The summed E-state index contributed by atoms with van der Waals surface area (Å²) in [6, 6.07) is 20.8. The van der Waals surface area contributed by atoms with Crippen molar-refractivity contribution in [3.8, 4) is 11.5 Å². The van der Waals surface area contributed by atoms with Crippen LogP contribution in [0.25, 0.3) is 0 Å². The molecular weight excluding hydrogens is 364 g/mol. The number of methoxy groups -OCH3 is 1. The first-order chi connectivity index (χ1) is 14.0. The van der Waals surface area contributed by atoms with Crippen molar-refractivity contribution < 1.29 is 14.3 Å². The maximum Gasteiger partial charge on any atom is 0.262 e. The fourth-order valence-corrected chi connectivity index (χ4v) is 2.67. The van der Waals surface area contributed by atoms with E-state index in [0.717, 1.165) is 28.3 Å². The van der Waals surface area contributed by atoms with Gasteiger partial charge in [-0.2, -0.15) is 0 Å². The monoisotopic (exact) mass is 388 g/mol. The molecule has 0 atom stereocenters. The largest absolute Gasteiger partial charge is 0.497 e. The molecule has 5 heteroatoms. The Hall–Kier alpha value is -3.60. The average Bonchev–Trinajstić information content (AvgIpc) is 2.74. The minimum Gasteiger partial charge on any atom is -0.497 e. The number of hydrogen-bond donors (Lipinski definition) is 1. The Labute approximate surface area is 171 Å². The van der Waals surface area contributed by atoms with Gasteiger partial charge in [-0.15, -0.1) is 0 Å². The molecular formula is C24H24N2O3. The molecule has 0 unspecified atom stereocenters. The van der Waals surface area contributed by atoms with Gasteiger partial charge in [-0.1, -0.05) is 18.2 Å². The molecule has 148 valence electrons. The SMILES string of the molecule is COc1ccc(N=Cc2cccc(OCC(=O)Nc3ccc(C)c(C)c3)c2)cc1. The van der Waals surface area contributed by atoms with E-state index in [9.17, 15) is 4.79 Å². The highest BCUT2D eigenvalue weighted by Crippen LogP contribution is 2.19. The summed E-state index contributed by atoms with van der Waals surface area (Å²) >= 11 is 0. The number of aryl methyl sites for hydroxylation is 2. The summed E-state index contributed by atoms with van der Waals surface area (Å²) in [6.45, 7) is 3.99. The molecule has 0 bridgehead atoms. The first-order valence-electron chi connectivity index (χ1n) is 9.31. The zero-order chi connectivity index (χ0) is 20.6. The van der Waals surface area contributed by atoms with Gasteiger partial charge in [0, 0.05) is 11.9 Å². The molecule has 3 aromatic carbocycles. The van der Waals surface area contributed by atoms with Gasteiger partial charge in [-0.25, -0.2) is 0 Å². The van der Waals surface area contributed by atoms with E-state index >= 15 is 0 Å². The Bertz CT molecular complexity index is 1010. The van der Waals surface area contributed by atoms with E-state index < -0.39 is 0 Å². The molecule has 0 fully saturated rings. The van der Waals surface area contributed by atoms with Gasteiger partial charge in [0.15, 0.2) is 6.61 Å². The summed E-state index contributed by atoms with van der Waals surface area (Å²) in [6.07, 6.45) is 1.75. The standard InChI is InChI=1S/C24H24N2O3/c1-17-7-8-21(13-18(17)2)26-24(27)16-29-23-6-4-5-19(14-23)15-25-20-9-11-22(28-3)12-10-20/h4-15H,16H2,1-3H3,(H,26,27). The van der Waals surface area contributed by atoms with Gasteiger partial charge in [0.25, 0.3) is 5.91 Å². The number of anilines is 1. The van der Waals surface area contributed by atoms with Crippen LogP contribution < -0.4 is 14.8 Å². The lowest BCUT2D eigenvalue weighted by atomic mass is 10.1. The molecule has 0 aliphatic carbocycles. The van der Waals surface area contributed by atoms with Gasteiger partial charge in [0.1, 0.15) is 11.5 Å². The van der Waals surface area contributed by atoms with Crippen LogP contribution in [-0.2, 0) is 4.79 Å². The Morgan fingerprint density at radius 3 is 2.48 bits per heavy atom. The predicted octanol–water partition coefficient (Wildman–Crippen LogP) is 5.08. The Morgan fingerprint density at radius 1 is 0.966 bits per heavy atom. The molecule has 0 saturated carbocycles. The van der Waals surface area contributed by atoms with Crippen LogP contribution in [0.3, 0.4) is 0 Å². The third-order valence-electron chi connectivity index (χ3n) is 4.45. The van der Waals surface area contributed by atoms with Crippen molar-refractivity contribution in [2.75, 3.05) is 19.0 Å². The van der Waals surface area contributed by atoms with Crippen LogP contribution in [0, 0.1) is 13.8 Å². The number of nitrogens with one attached hydrogen (secondary N) is 1. The summed E-state index contributed by atoms with van der Waals surface area (Å²) < 4.78 is 10.8. The van der Waals surface area contributed by atoms with Gasteiger partial charge in [-0.05, 0) is 79.1 Å². The predicted molar refractivity (Wildman–Crippen MR) is 117 cm³/mol. The number of amides is 1. The Balaban J connectivity index is 1.56. The number of nitrogens with zero attached hydrogens (tertiary/aromatic N) is 1. The molecule has 0 aromatic heterocycles.